The van der Waals surface area contributed by atoms with Crippen LogP contribution in [0.5, 0.6) is 0 Å². The molecule has 3 rings (SSSR count). The molecule has 0 bridgehead atoms. The lowest BCUT2D eigenvalue weighted by Crippen LogP contribution is -2.54. The van der Waals surface area contributed by atoms with Gasteiger partial charge in [0.25, 0.3) is 0 Å². The van der Waals surface area contributed by atoms with Crippen LogP contribution in [0.25, 0.3) is 0 Å². The molecule has 1 N–H and O–H groups in total. The molecule has 128 valence electrons. The number of hydrogen-bond acceptors (Lipinski definition) is 3. The topological polar surface area (TPSA) is 69.7 Å². The first-order chi connectivity index (χ1) is 11.6. The van der Waals surface area contributed by atoms with Gasteiger partial charge >= 0.3 is 0 Å². The van der Waals surface area contributed by atoms with E-state index in [1.54, 1.807) is 4.90 Å². The molecule has 0 radical (unpaired) electrons. The Hall–Kier alpha value is -2.37. The number of aryl methyl sites for hydroxylation is 1. The van der Waals surface area contributed by atoms with Crippen LogP contribution in [0, 0.1) is 0 Å². The van der Waals surface area contributed by atoms with E-state index in [-0.39, 0.29) is 23.8 Å². The van der Waals surface area contributed by atoms with Gasteiger partial charge in [-0.05, 0) is 18.4 Å². The molecule has 0 aromatic heterocycles. The molecule has 1 unspecified atom stereocenters. The standard InChI is InChI=1S/C18H23N3O3/c22-16-8-7-15(19-16)18(24)21-12-10-20(11-13-21)17(23)9-6-14-4-2-1-3-5-14/h1-5,15H,6-13H2,(H,19,22). The Morgan fingerprint density at radius 3 is 2.33 bits per heavy atom. The average molecular weight is 329 g/mol. The fourth-order valence-corrected chi connectivity index (χ4v) is 3.25. The molecule has 1 atom stereocenters. The van der Waals surface area contributed by atoms with E-state index < -0.39 is 0 Å². The zero-order valence-corrected chi connectivity index (χ0v) is 13.7. The molecule has 2 saturated heterocycles. The van der Waals surface area contributed by atoms with Gasteiger partial charge in [0.2, 0.25) is 17.7 Å². The molecule has 6 heteroatoms. The van der Waals surface area contributed by atoms with E-state index in [0.717, 1.165) is 12.0 Å². The molecule has 2 fully saturated rings. The third-order valence-electron chi connectivity index (χ3n) is 4.71. The van der Waals surface area contributed by atoms with Crippen molar-refractivity contribution >= 4 is 17.7 Å². The zero-order valence-electron chi connectivity index (χ0n) is 13.7. The first-order valence-electron chi connectivity index (χ1n) is 8.53. The van der Waals surface area contributed by atoms with Gasteiger partial charge in [-0.1, -0.05) is 30.3 Å². The van der Waals surface area contributed by atoms with Crippen molar-refractivity contribution in [1.82, 2.24) is 15.1 Å². The van der Waals surface area contributed by atoms with Gasteiger partial charge in [0.05, 0.1) is 0 Å². The fraction of sp³-hybridized carbons (Fsp3) is 0.500. The zero-order chi connectivity index (χ0) is 16.9. The predicted octanol–water partition coefficient (Wildman–Crippen LogP) is 0.569. The maximum atomic E-state index is 12.3. The summed E-state index contributed by atoms with van der Waals surface area (Å²) in [4.78, 5) is 39.5. The summed E-state index contributed by atoms with van der Waals surface area (Å²) < 4.78 is 0. The Morgan fingerprint density at radius 2 is 1.71 bits per heavy atom. The van der Waals surface area contributed by atoms with E-state index in [1.807, 2.05) is 35.2 Å². The van der Waals surface area contributed by atoms with Crippen LogP contribution in [0.3, 0.4) is 0 Å². The Morgan fingerprint density at radius 1 is 1.04 bits per heavy atom. The van der Waals surface area contributed by atoms with Crippen LogP contribution < -0.4 is 5.32 Å². The highest BCUT2D eigenvalue weighted by Gasteiger charge is 2.32. The average Bonchev–Trinajstić information content (AvgIpc) is 3.06. The Kier molecular flexibility index (Phi) is 5.13. The van der Waals surface area contributed by atoms with Crippen molar-refractivity contribution in [1.29, 1.82) is 0 Å². The van der Waals surface area contributed by atoms with Crippen molar-refractivity contribution in [3.05, 3.63) is 35.9 Å². The van der Waals surface area contributed by atoms with Crippen molar-refractivity contribution in [2.24, 2.45) is 0 Å². The summed E-state index contributed by atoms with van der Waals surface area (Å²) in [6.07, 6.45) is 2.24. The van der Waals surface area contributed by atoms with E-state index in [1.165, 1.54) is 0 Å². The summed E-state index contributed by atoms with van der Waals surface area (Å²) in [5, 5.41) is 2.71. The first-order valence-corrected chi connectivity index (χ1v) is 8.53. The molecule has 0 saturated carbocycles. The molecule has 6 nitrogen and oxygen atoms in total. The fourth-order valence-electron chi connectivity index (χ4n) is 3.25. The summed E-state index contributed by atoms with van der Waals surface area (Å²) in [6, 6.07) is 9.60. The number of carbonyl (C=O) groups is 3. The second kappa shape index (κ2) is 7.47. The normalized spacial score (nSPS) is 20.8. The predicted molar refractivity (Wildman–Crippen MR) is 89.1 cm³/mol. The van der Waals surface area contributed by atoms with Crippen LogP contribution >= 0.6 is 0 Å². The molecular weight excluding hydrogens is 306 g/mol. The number of carbonyl (C=O) groups excluding carboxylic acids is 3. The van der Waals surface area contributed by atoms with E-state index in [0.29, 0.717) is 45.4 Å². The third-order valence-corrected chi connectivity index (χ3v) is 4.71. The van der Waals surface area contributed by atoms with Crippen molar-refractivity contribution in [3.63, 3.8) is 0 Å². The number of piperazine rings is 1. The maximum absolute atomic E-state index is 12.3. The van der Waals surface area contributed by atoms with Crippen LogP contribution in [0.2, 0.25) is 0 Å². The molecule has 0 spiro atoms. The van der Waals surface area contributed by atoms with Gasteiger partial charge in [0.15, 0.2) is 0 Å². The second-order valence-corrected chi connectivity index (χ2v) is 6.35. The summed E-state index contributed by atoms with van der Waals surface area (Å²) in [5.41, 5.74) is 1.16. The lowest BCUT2D eigenvalue weighted by molar-refractivity contribution is -0.140. The number of benzene rings is 1. The van der Waals surface area contributed by atoms with Gasteiger partial charge in [0.1, 0.15) is 6.04 Å². The van der Waals surface area contributed by atoms with Crippen molar-refractivity contribution in [3.8, 4) is 0 Å². The SMILES string of the molecule is O=C1CCC(C(=O)N2CCN(C(=O)CCc3ccccc3)CC2)N1. The van der Waals surface area contributed by atoms with Gasteiger partial charge in [0, 0.05) is 39.0 Å². The number of rotatable bonds is 4. The minimum absolute atomic E-state index is 0.0164. The molecule has 24 heavy (non-hydrogen) atoms. The van der Waals surface area contributed by atoms with Crippen LogP contribution in [-0.4, -0.2) is 59.7 Å². The van der Waals surface area contributed by atoms with E-state index in [4.69, 9.17) is 0 Å². The second-order valence-electron chi connectivity index (χ2n) is 6.35. The minimum atomic E-state index is -0.377. The number of hydrogen-bond donors (Lipinski definition) is 1. The lowest BCUT2D eigenvalue weighted by Gasteiger charge is -2.36. The van der Waals surface area contributed by atoms with Gasteiger partial charge < -0.3 is 15.1 Å². The Balaban J connectivity index is 1.43. The summed E-state index contributed by atoms with van der Waals surface area (Å²) in [6.45, 7) is 2.23. The molecule has 1 aromatic carbocycles. The van der Waals surface area contributed by atoms with E-state index in [9.17, 15) is 14.4 Å². The molecule has 1 aromatic rings. The number of amides is 3. The highest BCUT2D eigenvalue weighted by atomic mass is 16.2. The monoisotopic (exact) mass is 329 g/mol. The van der Waals surface area contributed by atoms with Crippen LogP contribution in [0.15, 0.2) is 30.3 Å². The Labute approximate surface area is 141 Å². The molecule has 3 amide bonds. The molecular formula is C18H23N3O3. The quantitative estimate of drug-likeness (QED) is 0.878. The van der Waals surface area contributed by atoms with Crippen LogP contribution in [0.1, 0.15) is 24.8 Å². The lowest BCUT2D eigenvalue weighted by atomic mass is 10.1. The first kappa shape index (κ1) is 16.5. The van der Waals surface area contributed by atoms with Gasteiger partial charge in [-0.2, -0.15) is 0 Å². The van der Waals surface area contributed by atoms with Crippen molar-refractivity contribution in [2.75, 3.05) is 26.2 Å². The minimum Gasteiger partial charge on any atom is -0.344 e. The highest BCUT2D eigenvalue weighted by molar-refractivity contribution is 5.91. The van der Waals surface area contributed by atoms with Gasteiger partial charge in [-0.25, -0.2) is 0 Å². The van der Waals surface area contributed by atoms with Gasteiger partial charge in [-0.15, -0.1) is 0 Å². The van der Waals surface area contributed by atoms with Gasteiger partial charge in [-0.3, -0.25) is 14.4 Å². The highest BCUT2D eigenvalue weighted by Crippen LogP contribution is 2.13. The van der Waals surface area contributed by atoms with E-state index >= 15 is 0 Å². The molecule has 0 aliphatic carbocycles. The van der Waals surface area contributed by atoms with Crippen molar-refractivity contribution in [2.45, 2.75) is 31.7 Å². The molecule has 2 aliphatic heterocycles. The molecule has 2 aliphatic rings. The maximum Gasteiger partial charge on any atom is 0.245 e. The largest absolute Gasteiger partial charge is 0.344 e. The molecule has 2 heterocycles. The summed E-state index contributed by atoms with van der Waals surface area (Å²) in [7, 11) is 0. The van der Waals surface area contributed by atoms with Crippen molar-refractivity contribution < 1.29 is 14.4 Å². The smallest absolute Gasteiger partial charge is 0.245 e. The summed E-state index contributed by atoms with van der Waals surface area (Å²) >= 11 is 0. The number of nitrogens with zero attached hydrogens (tertiary/aromatic N) is 2. The van der Waals surface area contributed by atoms with Crippen LogP contribution in [-0.2, 0) is 20.8 Å². The Bertz CT molecular complexity index is 609. The summed E-state index contributed by atoms with van der Waals surface area (Å²) in [5.74, 6) is 0.0698. The number of nitrogens with one attached hydrogen (secondary N) is 1. The third kappa shape index (κ3) is 3.93. The van der Waals surface area contributed by atoms with E-state index in [2.05, 4.69) is 5.32 Å². The van der Waals surface area contributed by atoms with Crippen LogP contribution in [0.4, 0.5) is 0 Å².